The van der Waals surface area contributed by atoms with Crippen LogP contribution in [0, 0.1) is 5.92 Å². The van der Waals surface area contributed by atoms with Gasteiger partial charge in [-0.3, -0.25) is 0 Å². The minimum atomic E-state index is 0.412. The number of hydrogen-bond donors (Lipinski definition) is 1. The van der Waals surface area contributed by atoms with E-state index in [4.69, 9.17) is 4.74 Å². The molecule has 2 rings (SSSR count). The second-order valence-electron chi connectivity index (χ2n) is 5.24. The normalized spacial score (nSPS) is 18.8. The van der Waals surface area contributed by atoms with Gasteiger partial charge in [0.25, 0.3) is 0 Å². The van der Waals surface area contributed by atoms with E-state index in [1.54, 1.807) is 7.11 Å². The van der Waals surface area contributed by atoms with Crippen LogP contribution in [0.15, 0.2) is 24.3 Å². The molecule has 0 saturated heterocycles. The fourth-order valence-corrected chi connectivity index (χ4v) is 2.34. The molecule has 17 heavy (non-hydrogen) atoms. The van der Waals surface area contributed by atoms with E-state index in [2.05, 4.69) is 31.3 Å². The van der Waals surface area contributed by atoms with E-state index in [9.17, 15) is 0 Å². The molecule has 1 aliphatic rings. The molecule has 0 heterocycles. The van der Waals surface area contributed by atoms with Crippen LogP contribution in [0.5, 0.6) is 5.75 Å². The zero-order valence-electron chi connectivity index (χ0n) is 11.1. The van der Waals surface area contributed by atoms with Crippen LogP contribution in [-0.2, 0) is 0 Å². The summed E-state index contributed by atoms with van der Waals surface area (Å²) in [4.78, 5) is 0. The molecule has 1 fully saturated rings. The Labute approximate surface area is 104 Å². The predicted molar refractivity (Wildman–Crippen MR) is 71.3 cm³/mol. The largest absolute Gasteiger partial charge is 0.497 e. The minimum Gasteiger partial charge on any atom is -0.497 e. The second-order valence-corrected chi connectivity index (χ2v) is 5.24. The van der Waals surface area contributed by atoms with Gasteiger partial charge in [-0.15, -0.1) is 0 Å². The third-order valence-electron chi connectivity index (χ3n) is 3.53. The first kappa shape index (κ1) is 12.4. The molecule has 0 amide bonds. The van der Waals surface area contributed by atoms with Gasteiger partial charge >= 0.3 is 0 Å². The number of rotatable bonds is 6. The molecular formula is C15H23NO. The van der Waals surface area contributed by atoms with Gasteiger partial charge in [0, 0.05) is 12.1 Å². The molecular weight excluding hydrogens is 210 g/mol. The lowest BCUT2D eigenvalue weighted by Crippen LogP contribution is -2.29. The molecule has 1 saturated carbocycles. The maximum Gasteiger partial charge on any atom is 0.118 e. The quantitative estimate of drug-likeness (QED) is 0.811. The van der Waals surface area contributed by atoms with Gasteiger partial charge in [-0.1, -0.05) is 25.0 Å². The molecule has 2 heteroatoms. The average Bonchev–Trinajstić information content (AvgIpc) is 3.12. The molecule has 2 unspecified atom stereocenters. The van der Waals surface area contributed by atoms with E-state index >= 15 is 0 Å². The third-order valence-corrected chi connectivity index (χ3v) is 3.53. The number of ether oxygens (including phenoxy) is 1. The summed E-state index contributed by atoms with van der Waals surface area (Å²) in [6.45, 7) is 4.52. The Bertz CT molecular complexity index is 342. The monoisotopic (exact) mass is 233 g/mol. The Morgan fingerprint density at radius 1 is 1.24 bits per heavy atom. The van der Waals surface area contributed by atoms with Crippen molar-refractivity contribution in [2.45, 2.75) is 45.2 Å². The smallest absolute Gasteiger partial charge is 0.118 e. The van der Waals surface area contributed by atoms with E-state index in [-0.39, 0.29) is 0 Å². The number of benzene rings is 1. The zero-order chi connectivity index (χ0) is 12.3. The SMILES string of the molecule is COc1ccc(C(C)NC(C)CC2CC2)cc1. The number of nitrogens with one attached hydrogen (secondary N) is 1. The summed E-state index contributed by atoms with van der Waals surface area (Å²) in [5.41, 5.74) is 1.33. The highest BCUT2D eigenvalue weighted by Crippen LogP contribution is 2.33. The van der Waals surface area contributed by atoms with Crippen LogP contribution < -0.4 is 10.1 Å². The summed E-state index contributed by atoms with van der Waals surface area (Å²) >= 11 is 0. The summed E-state index contributed by atoms with van der Waals surface area (Å²) in [6, 6.07) is 9.35. The van der Waals surface area contributed by atoms with Crippen molar-refractivity contribution in [2.24, 2.45) is 5.92 Å². The van der Waals surface area contributed by atoms with Crippen molar-refractivity contribution in [3.8, 4) is 5.75 Å². The maximum atomic E-state index is 5.17. The summed E-state index contributed by atoms with van der Waals surface area (Å²) in [6.07, 6.45) is 4.19. The van der Waals surface area contributed by atoms with Crippen molar-refractivity contribution >= 4 is 0 Å². The zero-order valence-corrected chi connectivity index (χ0v) is 11.1. The molecule has 0 bridgehead atoms. The van der Waals surface area contributed by atoms with Crippen LogP contribution in [-0.4, -0.2) is 13.2 Å². The predicted octanol–water partition coefficient (Wildman–Crippen LogP) is 3.53. The van der Waals surface area contributed by atoms with Crippen molar-refractivity contribution in [1.82, 2.24) is 5.32 Å². The molecule has 2 nitrogen and oxygen atoms in total. The van der Waals surface area contributed by atoms with Crippen LogP contribution >= 0.6 is 0 Å². The summed E-state index contributed by atoms with van der Waals surface area (Å²) < 4.78 is 5.17. The Hall–Kier alpha value is -1.02. The van der Waals surface area contributed by atoms with Crippen molar-refractivity contribution in [3.63, 3.8) is 0 Å². The van der Waals surface area contributed by atoms with E-state index in [0.29, 0.717) is 12.1 Å². The molecule has 1 N–H and O–H groups in total. The summed E-state index contributed by atoms with van der Waals surface area (Å²) in [7, 11) is 1.70. The Kier molecular flexibility index (Phi) is 4.06. The fraction of sp³-hybridized carbons (Fsp3) is 0.600. The Morgan fingerprint density at radius 3 is 2.41 bits per heavy atom. The molecule has 0 spiro atoms. The van der Waals surface area contributed by atoms with Gasteiger partial charge in [-0.2, -0.15) is 0 Å². The van der Waals surface area contributed by atoms with E-state index in [1.165, 1.54) is 24.8 Å². The second kappa shape index (κ2) is 5.54. The van der Waals surface area contributed by atoms with Gasteiger partial charge in [0.05, 0.1) is 7.11 Å². The average molecular weight is 233 g/mol. The first-order valence-electron chi connectivity index (χ1n) is 6.59. The van der Waals surface area contributed by atoms with Gasteiger partial charge in [-0.05, 0) is 43.9 Å². The molecule has 0 aliphatic heterocycles. The molecule has 0 radical (unpaired) electrons. The third kappa shape index (κ3) is 3.74. The van der Waals surface area contributed by atoms with Gasteiger partial charge in [0.2, 0.25) is 0 Å². The standard InChI is InChI=1S/C15H23NO/c1-11(10-13-4-5-13)16-12(2)14-6-8-15(17-3)9-7-14/h6-9,11-13,16H,4-5,10H2,1-3H3. The number of hydrogen-bond acceptors (Lipinski definition) is 2. The molecule has 94 valence electrons. The fourth-order valence-electron chi connectivity index (χ4n) is 2.34. The highest BCUT2D eigenvalue weighted by molar-refractivity contribution is 5.28. The van der Waals surface area contributed by atoms with E-state index in [1.807, 2.05) is 12.1 Å². The van der Waals surface area contributed by atoms with Gasteiger partial charge in [0.1, 0.15) is 5.75 Å². The summed E-state index contributed by atoms with van der Waals surface area (Å²) in [5, 5.41) is 3.66. The van der Waals surface area contributed by atoms with Gasteiger partial charge in [-0.25, -0.2) is 0 Å². The van der Waals surface area contributed by atoms with Crippen molar-refractivity contribution in [1.29, 1.82) is 0 Å². The highest BCUT2D eigenvalue weighted by atomic mass is 16.5. The van der Waals surface area contributed by atoms with Crippen LogP contribution in [0.25, 0.3) is 0 Å². The molecule has 1 aliphatic carbocycles. The van der Waals surface area contributed by atoms with Crippen LogP contribution in [0.4, 0.5) is 0 Å². The van der Waals surface area contributed by atoms with Crippen molar-refractivity contribution < 1.29 is 4.74 Å². The number of methoxy groups -OCH3 is 1. The van der Waals surface area contributed by atoms with Gasteiger partial charge < -0.3 is 10.1 Å². The van der Waals surface area contributed by atoms with Crippen molar-refractivity contribution in [2.75, 3.05) is 7.11 Å². The van der Waals surface area contributed by atoms with E-state index in [0.717, 1.165) is 11.7 Å². The lowest BCUT2D eigenvalue weighted by molar-refractivity contribution is 0.413. The molecule has 0 aromatic heterocycles. The van der Waals surface area contributed by atoms with Crippen LogP contribution in [0.1, 0.15) is 44.7 Å². The van der Waals surface area contributed by atoms with Gasteiger partial charge in [0.15, 0.2) is 0 Å². The molecule has 1 aromatic carbocycles. The maximum absolute atomic E-state index is 5.17. The topological polar surface area (TPSA) is 21.3 Å². The lowest BCUT2D eigenvalue weighted by Gasteiger charge is -2.20. The molecule has 2 atom stereocenters. The van der Waals surface area contributed by atoms with E-state index < -0.39 is 0 Å². The molecule has 1 aromatic rings. The lowest BCUT2D eigenvalue weighted by atomic mass is 10.1. The highest BCUT2D eigenvalue weighted by Gasteiger charge is 2.24. The Balaban J connectivity index is 1.86. The Morgan fingerprint density at radius 2 is 1.88 bits per heavy atom. The summed E-state index contributed by atoms with van der Waals surface area (Å²) in [5.74, 6) is 1.91. The first-order chi connectivity index (χ1) is 8.19. The minimum absolute atomic E-state index is 0.412. The first-order valence-corrected chi connectivity index (χ1v) is 6.59. The van der Waals surface area contributed by atoms with Crippen LogP contribution in [0.3, 0.4) is 0 Å². The van der Waals surface area contributed by atoms with Crippen molar-refractivity contribution in [3.05, 3.63) is 29.8 Å². The van der Waals surface area contributed by atoms with Crippen LogP contribution in [0.2, 0.25) is 0 Å².